The number of carbonyl (C=O) groups is 2. The minimum atomic E-state index is -1.05. The van der Waals surface area contributed by atoms with E-state index in [9.17, 15) is 19.7 Å². The van der Waals surface area contributed by atoms with E-state index in [4.69, 9.17) is 21.0 Å². The zero-order valence-corrected chi connectivity index (χ0v) is 24.1. The van der Waals surface area contributed by atoms with E-state index in [2.05, 4.69) is 0 Å². The Kier molecular flexibility index (Phi) is 8.19. The Morgan fingerprint density at radius 2 is 1.74 bits per heavy atom. The highest BCUT2D eigenvalue weighted by atomic mass is 35.5. The van der Waals surface area contributed by atoms with Crippen molar-refractivity contribution in [2.75, 3.05) is 13.7 Å². The third kappa shape index (κ3) is 5.38. The van der Waals surface area contributed by atoms with Crippen LogP contribution in [-0.4, -0.2) is 48.6 Å². The van der Waals surface area contributed by atoms with Gasteiger partial charge in [0.15, 0.2) is 11.6 Å². The van der Waals surface area contributed by atoms with Gasteiger partial charge in [-0.25, -0.2) is 0 Å². The molecule has 3 aromatic carbocycles. The summed E-state index contributed by atoms with van der Waals surface area (Å²) in [5.74, 6) is -1.28. The van der Waals surface area contributed by atoms with Crippen molar-refractivity contribution in [3.63, 3.8) is 0 Å². The summed E-state index contributed by atoms with van der Waals surface area (Å²) in [5, 5.41) is 21.2. The van der Waals surface area contributed by atoms with Crippen molar-refractivity contribution < 1.29 is 29.1 Å². The fraction of sp³-hybridized carbons (Fsp3) is 0.294. The lowest BCUT2D eigenvalue weighted by atomic mass is 9.54. The van der Waals surface area contributed by atoms with Crippen molar-refractivity contribution in [3.8, 4) is 5.75 Å². The first kappa shape index (κ1) is 28.6. The van der Waals surface area contributed by atoms with Gasteiger partial charge in [0.25, 0.3) is 0 Å². The first-order chi connectivity index (χ1) is 20.4. The maximum absolute atomic E-state index is 13.9. The van der Waals surface area contributed by atoms with Crippen LogP contribution in [0.25, 0.3) is 11.6 Å². The molecule has 0 amide bonds. The Bertz CT molecular complexity index is 1580. The molecule has 214 valence electrons. The quantitative estimate of drug-likeness (QED) is 0.187. The molecule has 0 aromatic heterocycles. The van der Waals surface area contributed by atoms with E-state index in [0.717, 1.165) is 27.8 Å². The molecule has 0 saturated carbocycles. The molecule has 1 saturated heterocycles. The Balaban J connectivity index is 1.36. The number of allylic oxidation sites excluding steroid dienone is 1. The van der Waals surface area contributed by atoms with Gasteiger partial charge in [0.05, 0.1) is 17.7 Å². The lowest BCUT2D eigenvalue weighted by Gasteiger charge is -2.47. The van der Waals surface area contributed by atoms with Gasteiger partial charge in [0, 0.05) is 30.1 Å². The number of aromatic hydroxyl groups is 1. The number of methoxy groups -OCH3 is 1. The lowest BCUT2D eigenvalue weighted by Crippen LogP contribution is -2.51. The van der Waals surface area contributed by atoms with Crippen LogP contribution < -0.4 is 0 Å². The van der Waals surface area contributed by atoms with Crippen LogP contribution >= 0.6 is 11.6 Å². The number of rotatable bonds is 7. The molecule has 1 aliphatic heterocycles. The summed E-state index contributed by atoms with van der Waals surface area (Å²) >= 11 is 6.46. The number of Topliss-reactive ketones (excluding diaryl/α,β-unsaturated/α-hetero) is 2. The molecule has 8 heteroatoms. The SMILES string of the molecule is COCC1=C2[C@@H](CC/C(=C/c3ccc(O)cc3Cl)c3ccccc3)OB(O)C[C@@H]2[C@@H]2C(=O)c3ccccc3C(=O)[C@@H]2C1. The van der Waals surface area contributed by atoms with Crippen LogP contribution in [0.2, 0.25) is 11.3 Å². The van der Waals surface area contributed by atoms with E-state index in [1.54, 1.807) is 43.5 Å². The molecule has 6 nitrogen and oxygen atoms in total. The zero-order chi connectivity index (χ0) is 29.4. The normalized spacial score (nSPS) is 23.9. The van der Waals surface area contributed by atoms with Gasteiger partial charge in [-0.3, -0.25) is 9.59 Å². The third-order valence-corrected chi connectivity index (χ3v) is 9.14. The smallest absolute Gasteiger partial charge is 0.455 e. The molecule has 3 aliphatic rings. The number of fused-ring (bicyclic) bond motifs is 4. The molecule has 2 N–H and O–H groups in total. The van der Waals surface area contributed by atoms with Gasteiger partial charge in [-0.15, -0.1) is 0 Å². The average Bonchev–Trinajstić information content (AvgIpc) is 2.99. The molecule has 0 unspecified atom stereocenters. The summed E-state index contributed by atoms with van der Waals surface area (Å²) < 4.78 is 11.8. The Labute approximate surface area is 250 Å². The molecule has 1 fully saturated rings. The predicted octanol–water partition coefficient (Wildman–Crippen LogP) is 6.52. The summed E-state index contributed by atoms with van der Waals surface area (Å²) in [6.45, 7) is 0.332. The van der Waals surface area contributed by atoms with Crippen molar-refractivity contribution >= 4 is 41.9 Å². The zero-order valence-electron chi connectivity index (χ0n) is 23.3. The second-order valence-corrected chi connectivity index (χ2v) is 11.7. The molecule has 0 bridgehead atoms. The minimum absolute atomic E-state index is 0.0135. The van der Waals surface area contributed by atoms with Crippen LogP contribution in [0.1, 0.15) is 51.1 Å². The van der Waals surface area contributed by atoms with Gasteiger partial charge in [-0.1, -0.05) is 66.2 Å². The third-order valence-electron chi connectivity index (χ3n) is 8.82. The summed E-state index contributed by atoms with van der Waals surface area (Å²) in [6, 6.07) is 21.9. The molecule has 4 atom stereocenters. The molecular formula is C34H32BClO6. The summed E-state index contributed by atoms with van der Waals surface area (Å²) in [6.07, 6.45) is 3.39. The van der Waals surface area contributed by atoms with Gasteiger partial charge in [0.1, 0.15) is 5.75 Å². The van der Waals surface area contributed by atoms with E-state index >= 15 is 0 Å². The Morgan fingerprint density at radius 1 is 1.02 bits per heavy atom. The Morgan fingerprint density at radius 3 is 2.45 bits per heavy atom. The van der Waals surface area contributed by atoms with Crippen LogP contribution in [0, 0.1) is 17.8 Å². The molecule has 6 rings (SSSR count). The van der Waals surface area contributed by atoms with Crippen molar-refractivity contribution in [2.24, 2.45) is 17.8 Å². The molecule has 0 radical (unpaired) electrons. The number of hydrogen-bond donors (Lipinski definition) is 2. The van der Waals surface area contributed by atoms with Gasteiger partial charge < -0.3 is 19.5 Å². The van der Waals surface area contributed by atoms with Crippen LogP contribution in [0.3, 0.4) is 0 Å². The number of halogens is 1. The van der Waals surface area contributed by atoms with E-state index < -0.39 is 25.1 Å². The van der Waals surface area contributed by atoms with E-state index in [0.29, 0.717) is 42.0 Å². The fourth-order valence-electron chi connectivity index (χ4n) is 7.03. The summed E-state index contributed by atoms with van der Waals surface area (Å²) in [7, 11) is 0.574. The number of ether oxygens (including phenoxy) is 1. The van der Waals surface area contributed by atoms with Gasteiger partial charge in [-0.05, 0) is 83.6 Å². The number of carbonyl (C=O) groups excluding carboxylic acids is 2. The maximum Gasteiger partial charge on any atom is 0.455 e. The van der Waals surface area contributed by atoms with Crippen LogP contribution in [-0.2, 0) is 9.39 Å². The molecule has 42 heavy (non-hydrogen) atoms. The van der Waals surface area contributed by atoms with Crippen LogP contribution in [0.5, 0.6) is 5.75 Å². The number of hydrogen-bond acceptors (Lipinski definition) is 6. The standard InChI is InChI=1S/C34H32BClO6/c1-41-19-23-16-27-32(34(39)26-10-6-5-9-25(26)33(27)38)28-18-35(40)42-30(31(23)28)14-12-21(20-7-3-2-4-8-20)15-22-11-13-24(37)17-29(22)36/h2-11,13,15,17,27-28,30,32,37,40H,12,14,16,18-19H2,1H3/b21-15-/t27-,28+,30-,32-/m1/s1. The van der Waals surface area contributed by atoms with E-state index in [1.165, 1.54) is 6.07 Å². The van der Waals surface area contributed by atoms with E-state index in [-0.39, 0.29) is 29.6 Å². The first-order valence-electron chi connectivity index (χ1n) is 14.3. The van der Waals surface area contributed by atoms with Crippen molar-refractivity contribution in [1.29, 1.82) is 0 Å². The molecular weight excluding hydrogens is 551 g/mol. The predicted molar refractivity (Wildman–Crippen MR) is 163 cm³/mol. The molecule has 2 aliphatic carbocycles. The van der Waals surface area contributed by atoms with Gasteiger partial charge >= 0.3 is 7.12 Å². The average molecular weight is 583 g/mol. The van der Waals surface area contributed by atoms with Crippen LogP contribution in [0.4, 0.5) is 0 Å². The van der Waals surface area contributed by atoms with Gasteiger partial charge in [0.2, 0.25) is 0 Å². The highest BCUT2D eigenvalue weighted by Crippen LogP contribution is 2.51. The monoisotopic (exact) mass is 582 g/mol. The lowest BCUT2D eigenvalue weighted by molar-refractivity contribution is 0.0585. The number of ketones is 2. The van der Waals surface area contributed by atoms with Crippen molar-refractivity contribution in [1.82, 2.24) is 0 Å². The second kappa shape index (κ2) is 12.0. The number of phenolic OH excluding ortho intramolecular Hbond substituents is 1. The highest BCUT2D eigenvalue weighted by Gasteiger charge is 2.53. The van der Waals surface area contributed by atoms with Crippen molar-refractivity contribution in [2.45, 2.75) is 31.7 Å². The second-order valence-electron chi connectivity index (χ2n) is 11.3. The summed E-state index contributed by atoms with van der Waals surface area (Å²) in [4.78, 5) is 27.5. The molecule has 1 heterocycles. The van der Waals surface area contributed by atoms with Crippen LogP contribution in [0.15, 0.2) is 83.9 Å². The first-order valence-corrected chi connectivity index (χ1v) is 14.7. The van der Waals surface area contributed by atoms with Crippen molar-refractivity contribution in [3.05, 3.63) is 111 Å². The minimum Gasteiger partial charge on any atom is -0.508 e. The van der Waals surface area contributed by atoms with E-state index in [1.807, 2.05) is 36.4 Å². The maximum atomic E-state index is 13.9. The largest absolute Gasteiger partial charge is 0.508 e. The fourth-order valence-corrected chi connectivity index (χ4v) is 7.26. The number of benzene rings is 3. The Hall–Kier alpha value is -3.49. The number of phenols is 1. The highest BCUT2D eigenvalue weighted by molar-refractivity contribution is 6.43. The molecule has 3 aromatic rings. The summed E-state index contributed by atoms with van der Waals surface area (Å²) in [5.41, 5.74) is 5.74. The van der Waals surface area contributed by atoms with Gasteiger partial charge in [-0.2, -0.15) is 0 Å². The topological polar surface area (TPSA) is 93.1 Å². The molecule has 0 spiro atoms.